The van der Waals surface area contributed by atoms with E-state index in [1.807, 2.05) is 49.1 Å². The van der Waals surface area contributed by atoms with Crippen LogP contribution in [-0.2, 0) is 40.0 Å². The zero-order valence-electron chi connectivity index (χ0n) is 37.9. The highest BCUT2D eigenvalue weighted by Gasteiger charge is 2.50. The van der Waals surface area contributed by atoms with Gasteiger partial charge in [0.25, 0.3) is 5.91 Å². The first kappa shape index (κ1) is 52.4. The smallest absolute Gasteiger partial charge is 0.410 e. The third-order valence-corrected chi connectivity index (χ3v) is 11.7. The van der Waals surface area contributed by atoms with Crippen LogP contribution in [-0.4, -0.2) is 169 Å². The van der Waals surface area contributed by atoms with E-state index < -0.39 is 35.0 Å². The summed E-state index contributed by atoms with van der Waals surface area (Å²) in [5.74, 6) is 1.32. The third kappa shape index (κ3) is 14.7. The van der Waals surface area contributed by atoms with Crippen LogP contribution < -0.4 is 14.2 Å². The summed E-state index contributed by atoms with van der Waals surface area (Å²) in [6.45, 7) is 3.57. The first-order valence-electron chi connectivity index (χ1n) is 21.9. The number of carbonyl (C=O) groups excluding carboxylic acids is 3. The summed E-state index contributed by atoms with van der Waals surface area (Å²) in [6, 6.07) is 14.8. The second kappa shape index (κ2) is 25.6. The lowest BCUT2D eigenvalue weighted by atomic mass is 9.81. The molecule has 21 nitrogen and oxygen atoms in total. The number of benzene rings is 3. The number of amides is 3. The normalized spacial score (nSPS) is 16.9. The van der Waals surface area contributed by atoms with E-state index in [4.69, 9.17) is 77.2 Å². The molecule has 2 fully saturated rings. The van der Waals surface area contributed by atoms with Crippen LogP contribution in [0.2, 0.25) is 10.0 Å². The topological polar surface area (TPSA) is 231 Å². The maximum absolute atomic E-state index is 15.4. The standard InChI is InChI=1S/C45H57Cl2N5O16/c1-29-22-37(46)42(38(47)23-29)64-19-18-63-35-9-5-32(6-10-35)36-25-34-27-48(44(54)65-16-12-61-14-20-67-51(56)57)28-39(50(34)45(55)66-17-13-62-15-21-68-52(58)59)41(36)43(53)49(33-7-8-33)26-31-4-11-40(60-3)30(2)24-31/h4-6,9-11,22-24,33-34,39,56-59H,7-8,12-21,25-28H2,1-3H3. The van der Waals surface area contributed by atoms with Gasteiger partial charge >= 0.3 is 12.2 Å². The van der Waals surface area contributed by atoms with Crippen molar-refractivity contribution in [3.05, 3.63) is 92.5 Å². The van der Waals surface area contributed by atoms with Gasteiger partial charge in [0.15, 0.2) is 5.75 Å². The van der Waals surface area contributed by atoms with Crippen molar-refractivity contribution in [3.63, 3.8) is 0 Å². The molecule has 2 aliphatic heterocycles. The molecule has 2 unspecified atom stereocenters. The van der Waals surface area contributed by atoms with Gasteiger partial charge in [0.2, 0.25) is 0 Å². The van der Waals surface area contributed by atoms with Gasteiger partial charge in [-0.2, -0.15) is 0 Å². The number of aryl methyl sites for hydroxylation is 2. The summed E-state index contributed by atoms with van der Waals surface area (Å²) in [6.07, 6.45) is 0.309. The number of halogens is 2. The quantitative estimate of drug-likeness (QED) is 0.0554. The lowest BCUT2D eigenvalue weighted by Crippen LogP contribution is -2.65. The SMILES string of the molecule is COc1ccc(CN(C(=O)C2=C(c3ccc(OCCOc4c(Cl)cc(C)cc4Cl)cc3)CC3CN(C(=O)OCCOCCON(O)O)CC2N3C(=O)OCCOCCON(O)O)C2CC2)cc1C. The summed E-state index contributed by atoms with van der Waals surface area (Å²) < 4.78 is 39.4. The summed E-state index contributed by atoms with van der Waals surface area (Å²) in [7, 11) is 1.60. The number of fused-ring (bicyclic) bond motifs is 2. The van der Waals surface area contributed by atoms with Gasteiger partial charge in [-0.15, -0.1) is 0 Å². The minimum atomic E-state index is -0.986. The van der Waals surface area contributed by atoms with E-state index in [2.05, 4.69) is 9.68 Å². The number of ether oxygens (including phenoxy) is 7. The highest BCUT2D eigenvalue weighted by molar-refractivity contribution is 6.37. The van der Waals surface area contributed by atoms with Crippen LogP contribution in [0.15, 0.2) is 60.2 Å². The minimum Gasteiger partial charge on any atom is -0.496 e. The first-order valence-corrected chi connectivity index (χ1v) is 22.6. The Kier molecular flexibility index (Phi) is 19.7. The molecule has 1 aliphatic carbocycles. The number of methoxy groups -OCH3 is 1. The van der Waals surface area contributed by atoms with Crippen molar-refractivity contribution in [2.24, 2.45) is 0 Å². The molecular weight excluding hydrogens is 937 g/mol. The van der Waals surface area contributed by atoms with Crippen LogP contribution in [0.25, 0.3) is 5.57 Å². The molecule has 3 aromatic rings. The van der Waals surface area contributed by atoms with Gasteiger partial charge < -0.3 is 43.0 Å². The third-order valence-electron chi connectivity index (χ3n) is 11.1. The van der Waals surface area contributed by atoms with Gasteiger partial charge in [0.05, 0.1) is 79.7 Å². The minimum absolute atomic E-state index is 0.0182. The molecule has 3 aromatic carbocycles. The molecule has 0 spiro atoms. The Hall–Kier alpha value is -5.01. The maximum Gasteiger partial charge on any atom is 0.410 e. The second-order valence-corrected chi connectivity index (χ2v) is 16.8. The Labute approximate surface area is 403 Å². The molecule has 1 saturated heterocycles. The molecule has 3 aliphatic rings. The summed E-state index contributed by atoms with van der Waals surface area (Å²) in [4.78, 5) is 57.1. The molecule has 3 amide bonds. The van der Waals surface area contributed by atoms with E-state index in [-0.39, 0.29) is 104 Å². The van der Waals surface area contributed by atoms with E-state index in [0.29, 0.717) is 38.4 Å². The lowest BCUT2D eigenvalue weighted by Gasteiger charge is -2.50. The van der Waals surface area contributed by atoms with Crippen LogP contribution >= 0.6 is 23.2 Å². The summed E-state index contributed by atoms with van der Waals surface area (Å²) >= 11 is 12.7. The predicted molar refractivity (Wildman–Crippen MR) is 240 cm³/mol. The van der Waals surface area contributed by atoms with Crippen LogP contribution in [0.1, 0.15) is 41.5 Å². The number of piperazine rings is 1. The fraction of sp³-hybridized carbons (Fsp3) is 0.489. The van der Waals surface area contributed by atoms with Crippen molar-refractivity contribution in [1.82, 2.24) is 25.5 Å². The lowest BCUT2D eigenvalue weighted by molar-refractivity contribution is -0.493. The molecule has 1 saturated carbocycles. The van der Waals surface area contributed by atoms with Gasteiger partial charge in [-0.05, 0) is 91.3 Å². The van der Waals surface area contributed by atoms with Gasteiger partial charge in [0.1, 0.15) is 37.9 Å². The largest absolute Gasteiger partial charge is 0.496 e. The molecular formula is C45H57Cl2N5O16. The zero-order valence-corrected chi connectivity index (χ0v) is 39.4. The van der Waals surface area contributed by atoms with E-state index >= 15 is 4.79 Å². The van der Waals surface area contributed by atoms with E-state index in [1.165, 1.54) is 9.80 Å². The monoisotopic (exact) mass is 993 g/mol. The van der Waals surface area contributed by atoms with Crippen molar-refractivity contribution in [1.29, 1.82) is 0 Å². The Bertz CT molecular complexity index is 2170. The van der Waals surface area contributed by atoms with E-state index in [1.54, 1.807) is 31.4 Å². The van der Waals surface area contributed by atoms with Crippen LogP contribution in [0.3, 0.4) is 0 Å². The van der Waals surface area contributed by atoms with E-state index in [0.717, 1.165) is 35.1 Å². The predicted octanol–water partition coefficient (Wildman–Crippen LogP) is 6.11. The number of carbonyl (C=O) groups is 3. The van der Waals surface area contributed by atoms with Gasteiger partial charge in [0, 0.05) is 31.2 Å². The van der Waals surface area contributed by atoms with Gasteiger partial charge in [-0.1, -0.05) is 47.5 Å². The Morgan fingerprint density at radius 2 is 1.32 bits per heavy atom. The van der Waals surface area contributed by atoms with Crippen molar-refractivity contribution < 1.29 is 78.0 Å². The van der Waals surface area contributed by atoms with Crippen molar-refractivity contribution in [2.45, 2.75) is 57.8 Å². The molecule has 2 atom stereocenters. The zero-order chi connectivity index (χ0) is 48.7. The highest BCUT2D eigenvalue weighted by Crippen LogP contribution is 2.42. The molecule has 0 aromatic heterocycles. The number of nitrogens with zero attached hydrogens (tertiary/aromatic N) is 5. The second-order valence-electron chi connectivity index (χ2n) is 16.0. The molecule has 4 N–H and O–H groups in total. The average molecular weight is 995 g/mol. The molecule has 0 radical (unpaired) electrons. The molecule has 23 heteroatoms. The molecule has 2 heterocycles. The van der Waals surface area contributed by atoms with Crippen LogP contribution in [0.4, 0.5) is 9.59 Å². The number of hydrogen-bond donors (Lipinski definition) is 4. The van der Waals surface area contributed by atoms with Crippen LogP contribution in [0, 0.1) is 13.8 Å². The molecule has 372 valence electrons. The number of hydrogen-bond acceptors (Lipinski definition) is 18. The van der Waals surface area contributed by atoms with Crippen molar-refractivity contribution in [2.75, 3.05) is 86.3 Å². The van der Waals surface area contributed by atoms with Gasteiger partial charge in [-0.3, -0.25) is 30.5 Å². The molecule has 2 bridgehead atoms. The fourth-order valence-corrected chi connectivity index (χ4v) is 8.71. The summed E-state index contributed by atoms with van der Waals surface area (Å²) in [5, 5.41) is 34.9. The van der Waals surface area contributed by atoms with Gasteiger partial charge in [-0.25, -0.2) is 19.3 Å². The fourth-order valence-electron chi connectivity index (χ4n) is 8.00. The summed E-state index contributed by atoms with van der Waals surface area (Å²) in [5.41, 5.74) is 4.43. The van der Waals surface area contributed by atoms with Crippen molar-refractivity contribution >= 4 is 46.9 Å². The maximum atomic E-state index is 15.4. The number of rotatable bonds is 25. The molecule has 68 heavy (non-hydrogen) atoms. The highest BCUT2D eigenvalue weighted by atomic mass is 35.5. The first-order chi connectivity index (χ1) is 32.7. The average Bonchev–Trinajstić information content (AvgIpc) is 4.14. The van der Waals surface area contributed by atoms with Crippen molar-refractivity contribution in [3.8, 4) is 17.2 Å². The molecule has 6 rings (SSSR count). The van der Waals surface area contributed by atoms with E-state index in [9.17, 15) is 9.59 Å². The Morgan fingerprint density at radius 1 is 0.721 bits per heavy atom. The van der Waals surface area contributed by atoms with Crippen LogP contribution in [0.5, 0.6) is 17.2 Å². The Morgan fingerprint density at radius 3 is 1.91 bits per heavy atom. The Balaban J connectivity index is 1.27.